The van der Waals surface area contributed by atoms with Gasteiger partial charge in [-0.25, -0.2) is 5.10 Å². The van der Waals surface area contributed by atoms with E-state index in [1.807, 2.05) is 13.8 Å². The molecule has 2 N–H and O–H groups in total. The normalized spacial score (nSPS) is 10.3. The van der Waals surface area contributed by atoms with Crippen molar-refractivity contribution >= 4 is 11.6 Å². The molecule has 0 aliphatic carbocycles. The molecule has 0 bridgehead atoms. The van der Waals surface area contributed by atoms with Gasteiger partial charge in [0, 0.05) is 18.7 Å². The number of nitrogens with one attached hydrogen (secondary N) is 1. The molecule has 20 heavy (non-hydrogen) atoms. The summed E-state index contributed by atoms with van der Waals surface area (Å²) in [6.45, 7) is 4.10. The summed E-state index contributed by atoms with van der Waals surface area (Å²) in [6, 6.07) is 7.46. The Morgan fingerprint density at radius 3 is 2.70 bits per heavy atom. The predicted octanol–water partition coefficient (Wildman–Crippen LogP) is 1.45. The van der Waals surface area contributed by atoms with Gasteiger partial charge in [0.05, 0.1) is 5.69 Å². The number of amides is 1. The lowest BCUT2D eigenvalue weighted by Gasteiger charge is -2.22. The average molecular weight is 273 g/mol. The minimum absolute atomic E-state index is 0.0891. The molecule has 1 heterocycles. The molecule has 1 aromatic carbocycles. The molecule has 2 aromatic rings. The molecule has 0 saturated carbocycles. The zero-order chi connectivity index (χ0) is 14.7. The SMILES string of the molecule is CCN(C(=O)c1ccc(=O)[nH]n1)c1cc(O)ccc1C. The van der Waals surface area contributed by atoms with E-state index in [1.54, 1.807) is 12.1 Å². The first kappa shape index (κ1) is 13.8. The number of carbonyl (C=O) groups is 1. The molecule has 0 aliphatic rings. The van der Waals surface area contributed by atoms with Crippen LogP contribution in [0.4, 0.5) is 5.69 Å². The van der Waals surface area contributed by atoms with Gasteiger partial charge in [-0.05, 0) is 31.5 Å². The van der Waals surface area contributed by atoms with E-state index in [2.05, 4.69) is 10.2 Å². The van der Waals surface area contributed by atoms with Gasteiger partial charge in [0.15, 0.2) is 0 Å². The molecule has 104 valence electrons. The lowest BCUT2D eigenvalue weighted by Crippen LogP contribution is -2.32. The van der Waals surface area contributed by atoms with Crippen molar-refractivity contribution in [3.8, 4) is 5.75 Å². The standard InChI is InChI=1S/C14H15N3O3/c1-3-17(12-8-10(18)5-4-9(12)2)14(20)11-6-7-13(19)16-15-11/h4-8,18H,3H2,1-2H3,(H,16,19). The largest absolute Gasteiger partial charge is 0.508 e. The average Bonchev–Trinajstić information content (AvgIpc) is 2.44. The Morgan fingerprint density at radius 1 is 1.35 bits per heavy atom. The monoisotopic (exact) mass is 273 g/mol. The van der Waals surface area contributed by atoms with Crippen LogP contribution < -0.4 is 10.5 Å². The first-order valence-electron chi connectivity index (χ1n) is 6.20. The van der Waals surface area contributed by atoms with E-state index in [1.165, 1.54) is 23.1 Å². The van der Waals surface area contributed by atoms with Crippen LogP contribution in [0.25, 0.3) is 0 Å². The summed E-state index contributed by atoms with van der Waals surface area (Å²) in [6.07, 6.45) is 0. The second-order valence-electron chi connectivity index (χ2n) is 4.33. The molecule has 0 unspecified atom stereocenters. The van der Waals surface area contributed by atoms with E-state index in [-0.39, 0.29) is 22.9 Å². The van der Waals surface area contributed by atoms with Gasteiger partial charge < -0.3 is 10.0 Å². The Bertz CT molecular complexity index is 674. The molecule has 1 amide bonds. The molecular weight excluding hydrogens is 258 g/mol. The molecule has 0 aliphatic heterocycles. The number of phenols is 1. The number of H-pyrrole nitrogens is 1. The third-order valence-electron chi connectivity index (χ3n) is 2.94. The number of carbonyl (C=O) groups excluding carboxylic acids is 1. The van der Waals surface area contributed by atoms with E-state index in [0.717, 1.165) is 5.56 Å². The van der Waals surface area contributed by atoms with E-state index in [9.17, 15) is 14.7 Å². The third kappa shape index (κ3) is 2.69. The Balaban J connectivity index is 2.41. The number of aryl methyl sites for hydroxylation is 1. The first-order valence-corrected chi connectivity index (χ1v) is 6.20. The molecule has 0 spiro atoms. The fourth-order valence-corrected chi connectivity index (χ4v) is 1.91. The zero-order valence-corrected chi connectivity index (χ0v) is 11.3. The molecule has 6 heteroatoms. The Labute approximate surface area is 115 Å². The number of phenolic OH excluding ortho intramolecular Hbond substituents is 1. The second kappa shape index (κ2) is 5.56. The highest BCUT2D eigenvalue weighted by Gasteiger charge is 2.19. The Kier molecular flexibility index (Phi) is 3.84. The summed E-state index contributed by atoms with van der Waals surface area (Å²) in [5.74, 6) is -0.247. The number of aromatic amines is 1. The van der Waals surface area contributed by atoms with Gasteiger partial charge in [0.25, 0.3) is 11.5 Å². The maximum absolute atomic E-state index is 12.4. The number of hydrogen-bond donors (Lipinski definition) is 2. The number of aromatic nitrogens is 2. The smallest absolute Gasteiger partial charge is 0.278 e. The van der Waals surface area contributed by atoms with Crippen molar-refractivity contribution in [2.75, 3.05) is 11.4 Å². The number of rotatable bonds is 3. The fourth-order valence-electron chi connectivity index (χ4n) is 1.91. The molecule has 1 aromatic heterocycles. The van der Waals surface area contributed by atoms with Crippen LogP contribution in [0.15, 0.2) is 35.1 Å². The van der Waals surface area contributed by atoms with E-state index < -0.39 is 0 Å². The molecule has 6 nitrogen and oxygen atoms in total. The summed E-state index contributed by atoms with van der Waals surface area (Å²) >= 11 is 0. The van der Waals surface area contributed by atoms with Crippen molar-refractivity contribution in [1.29, 1.82) is 0 Å². The lowest BCUT2D eigenvalue weighted by molar-refractivity contribution is 0.0982. The van der Waals surface area contributed by atoms with Crippen LogP contribution in [0, 0.1) is 6.92 Å². The number of benzene rings is 1. The maximum Gasteiger partial charge on any atom is 0.278 e. The molecule has 0 radical (unpaired) electrons. The summed E-state index contributed by atoms with van der Waals surface area (Å²) in [5.41, 5.74) is 1.26. The van der Waals surface area contributed by atoms with Crippen molar-refractivity contribution in [1.82, 2.24) is 10.2 Å². The van der Waals surface area contributed by atoms with Crippen LogP contribution in [0.2, 0.25) is 0 Å². The summed E-state index contributed by atoms with van der Waals surface area (Å²) in [7, 11) is 0. The quantitative estimate of drug-likeness (QED) is 0.886. The highest BCUT2D eigenvalue weighted by Crippen LogP contribution is 2.25. The highest BCUT2D eigenvalue weighted by atomic mass is 16.3. The molecule has 0 saturated heterocycles. The predicted molar refractivity (Wildman–Crippen MR) is 75.1 cm³/mol. The molecule has 0 fully saturated rings. The van der Waals surface area contributed by atoms with Crippen LogP contribution in [0.1, 0.15) is 23.0 Å². The van der Waals surface area contributed by atoms with Crippen molar-refractivity contribution in [3.63, 3.8) is 0 Å². The van der Waals surface area contributed by atoms with Crippen LogP contribution >= 0.6 is 0 Å². The second-order valence-corrected chi connectivity index (χ2v) is 4.33. The van der Waals surface area contributed by atoms with Crippen molar-refractivity contribution < 1.29 is 9.90 Å². The number of aromatic hydroxyl groups is 1. The fraction of sp³-hybridized carbons (Fsp3) is 0.214. The summed E-state index contributed by atoms with van der Waals surface area (Å²) < 4.78 is 0. The highest BCUT2D eigenvalue weighted by molar-refractivity contribution is 6.05. The number of hydrogen-bond acceptors (Lipinski definition) is 4. The van der Waals surface area contributed by atoms with E-state index in [4.69, 9.17) is 0 Å². The number of anilines is 1. The van der Waals surface area contributed by atoms with Gasteiger partial charge in [-0.15, -0.1) is 0 Å². The van der Waals surface area contributed by atoms with Crippen LogP contribution in [-0.4, -0.2) is 27.8 Å². The minimum atomic E-state index is -0.363. The minimum Gasteiger partial charge on any atom is -0.508 e. The summed E-state index contributed by atoms with van der Waals surface area (Å²) in [4.78, 5) is 24.9. The Morgan fingerprint density at radius 2 is 2.10 bits per heavy atom. The van der Waals surface area contributed by atoms with E-state index in [0.29, 0.717) is 12.2 Å². The van der Waals surface area contributed by atoms with Crippen LogP contribution in [0.5, 0.6) is 5.75 Å². The molecule has 2 rings (SSSR count). The van der Waals surface area contributed by atoms with Crippen LogP contribution in [0.3, 0.4) is 0 Å². The van der Waals surface area contributed by atoms with Crippen molar-refractivity contribution in [2.24, 2.45) is 0 Å². The zero-order valence-electron chi connectivity index (χ0n) is 11.3. The lowest BCUT2D eigenvalue weighted by atomic mass is 10.1. The van der Waals surface area contributed by atoms with Gasteiger partial charge in [0.1, 0.15) is 11.4 Å². The topological polar surface area (TPSA) is 86.3 Å². The molecular formula is C14H15N3O3. The first-order chi connectivity index (χ1) is 9.52. The molecule has 0 atom stereocenters. The van der Waals surface area contributed by atoms with Gasteiger partial charge in [-0.2, -0.15) is 5.10 Å². The van der Waals surface area contributed by atoms with Crippen molar-refractivity contribution in [3.05, 3.63) is 51.9 Å². The van der Waals surface area contributed by atoms with Gasteiger partial charge in [0.2, 0.25) is 0 Å². The summed E-state index contributed by atoms with van der Waals surface area (Å²) in [5, 5.41) is 15.5. The van der Waals surface area contributed by atoms with Gasteiger partial charge in [-0.3, -0.25) is 9.59 Å². The number of nitrogens with zero attached hydrogens (tertiary/aromatic N) is 2. The van der Waals surface area contributed by atoms with Crippen LogP contribution in [-0.2, 0) is 0 Å². The van der Waals surface area contributed by atoms with Crippen molar-refractivity contribution in [2.45, 2.75) is 13.8 Å². The third-order valence-corrected chi connectivity index (χ3v) is 2.94. The maximum atomic E-state index is 12.4. The van der Waals surface area contributed by atoms with Gasteiger partial charge >= 0.3 is 0 Å². The Hall–Kier alpha value is -2.63. The van der Waals surface area contributed by atoms with Gasteiger partial charge in [-0.1, -0.05) is 6.07 Å². The van der Waals surface area contributed by atoms with E-state index >= 15 is 0 Å².